The fraction of sp³-hybridized carbons (Fsp3) is 0.700. The summed E-state index contributed by atoms with van der Waals surface area (Å²) in [5, 5.41) is 9.44. The number of aryl methyl sites for hydroxylation is 1. The highest BCUT2D eigenvalue weighted by Gasteiger charge is 2.34. The lowest BCUT2D eigenvalue weighted by Crippen LogP contribution is -2.48. The topological polar surface area (TPSA) is 113 Å². The Hall–Kier alpha value is -0.610. The summed E-state index contributed by atoms with van der Waals surface area (Å²) in [5.41, 5.74) is 4.07. The van der Waals surface area contributed by atoms with Crippen LogP contribution in [0.2, 0.25) is 0 Å². The fourth-order valence-electron chi connectivity index (χ4n) is 2.95. The lowest BCUT2D eigenvalue weighted by molar-refractivity contribution is -0.139. The summed E-state index contributed by atoms with van der Waals surface area (Å²) in [7, 11) is -4.77. The standard InChI is InChI=1S/C20H33F3NO5PS/c1-2-3-4-5-6-7-12-31-18-9-8-16(13-17(18)20(21,22)23)10-11-19(24,14-25)15-29-30(26,27)28/h8-9,13,25H,2-7,10-12,14-15,24H2,1H3,(H2,26,27,28). The lowest BCUT2D eigenvalue weighted by Gasteiger charge is -2.27. The van der Waals surface area contributed by atoms with Crippen molar-refractivity contribution < 1.29 is 37.2 Å². The van der Waals surface area contributed by atoms with E-state index < -0.39 is 38.3 Å². The van der Waals surface area contributed by atoms with E-state index in [9.17, 15) is 22.8 Å². The van der Waals surface area contributed by atoms with E-state index in [4.69, 9.17) is 15.5 Å². The van der Waals surface area contributed by atoms with Crippen molar-refractivity contribution in [2.45, 2.75) is 74.9 Å². The second kappa shape index (κ2) is 13.2. The van der Waals surface area contributed by atoms with Gasteiger partial charge in [0.05, 0.1) is 24.3 Å². The molecule has 180 valence electrons. The average molecular weight is 488 g/mol. The number of rotatable bonds is 15. The summed E-state index contributed by atoms with van der Waals surface area (Å²) in [6.45, 7) is 0.878. The van der Waals surface area contributed by atoms with E-state index >= 15 is 0 Å². The number of alkyl halides is 3. The minimum atomic E-state index is -4.77. The van der Waals surface area contributed by atoms with Gasteiger partial charge in [-0.2, -0.15) is 13.2 Å². The molecular formula is C20H33F3NO5PS. The fourth-order valence-corrected chi connectivity index (χ4v) is 4.44. The Labute approximate surface area is 186 Å². The minimum Gasteiger partial charge on any atom is -0.394 e. The van der Waals surface area contributed by atoms with Crippen LogP contribution < -0.4 is 5.73 Å². The highest BCUT2D eigenvalue weighted by atomic mass is 32.2. The largest absolute Gasteiger partial charge is 0.469 e. The van der Waals surface area contributed by atoms with E-state index in [0.29, 0.717) is 11.3 Å². The molecule has 1 atom stereocenters. The van der Waals surface area contributed by atoms with Crippen molar-refractivity contribution in [3.8, 4) is 0 Å². The van der Waals surface area contributed by atoms with Crippen LogP contribution in [-0.4, -0.2) is 39.4 Å². The minimum absolute atomic E-state index is 0.00888. The molecule has 0 aliphatic heterocycles. The lowest BCUT2D eigenvalue weighted by atomic mass is 9.93. The number of hydrogen-bond donors (Lipinski definition) is 4. The number of nitrogens with two attached hydrogens (primary N) is 1. The Balaban J connectivity index is 2.73. The van der Waals surface area contributed by atoms with Crippen molar-refractivity contribution in [2.24, 2.45) is 5.73 Å². The summed E-state index contributed by atoms with van der Waals surface area (Å²) < 4.78 is 55.8. The number of benzene rings is 1. The molecule has 0 bridgehead atoms. The van der Waals surface area contributed by atoms with Crippen LogP contribution in [0.1, 0.15) is 63.0 Å². The van der Waals surface area contributed by atoms with Crippen LogP contribution in [0.4, 0.5) is 13.2 Å². The SMILES string of the molecule is CCCCCCCCSc1ccc(CCC(N)(CO)COP(=O)(O)O)cc1C(F)(F)F. The molecule has 1 aromatic carbocycles. The maximum absolute atomic E-state index is 13.6. The first kappa shape index (κ1) is 28.4. The van der Waals surface area contributed by atoms with Gasteiger partial charge in [0.1, 0.15) is 0 Å². The first-order valence-corrected chi connectivity index (χ1v) is 12.8. The zero-order valence-corrected chi connectivity index (χ0v) is 19.4. The van der Waals surface area contributed by atoms with Gasteiger partial charge in [-0.05, 0) is 42.7 Å². The number of phosphoric ester groups is 1. The van der Waals surface area contributed by atoms with Crippen LogP contribution in [-0.2, 0) is 21.7 Å². The number of hydrogen-bond acceptors (Lipinski definition) is 5. The quantitative estimate of drug-likeness (QED) is 0.158. The Bertz CT molecular complexity index is 717. The Morgan fingerprint density at radius 3 is 2.35 bits per heavy atom. The third kappa shape index (κ3) is 11.7. The summed E-state index contributed by atoms with van der Waals surface area (Å²) in [6, 6.07) is 4.11. The molecule has 0 radical (unpaired) electrons. The molecule has 0 amide bonds. The first-order chi connectivity index (χ1) is 14.4. The normalized spacial score (nSPS) is 14.6. The van der Waals surface area contributed by atoms with Crippen molar-refractivity contribution in [1.29, 1.82) is 0 Å². The molecule has 0 aromatic heterocycles. The molecule has 1 rings (SSSR count). The zero-order valence-electron chi connectivity index (χ0n) is 17.7. The smallest absolute Gasteiger partial charge is 0.394 e. The van der Waals surface area contributed by atoms with Crippen molar-refractivity contribution in [3.63, 3.8) is 0 Å². The molecular weight excluding hydrogens is 454 g/mol. The zero-order chi connectivity index (χ0) is 23.5. The average Bonchev–Trinajstić information content (AvgIpc) is 2.69. The predicted molar refractivity (Wildman–Crippen MR) is 116 cm³/mol. The van der Waals surface area contributed by atoms with E-state index in [2.05, 4.69) is 11.4 Å². The number of aliphatic hydroxyl groups is 1. The number of halogens is 3. The van der Waals surface area contributed by atoms with Gasteiger partial charge in [-0.15, -0.1) is 11.8 Å². The van der Waals surface area contributed by atoms with Crippen molar-refractivity contribution in [1.82, 2.24) is 0 Å². The Morgan fingerprint density at radius 1 is 1.13 bits per heavy atom. The molecule has 0 aliphatic rings. The molecule has 31 heavy (non-hydrogen) atoms. The van der Waals surface area contributed by atoms with E-state index in [1.54, 1.807) is 6.07 Å². The summed E-state index contributed by atoms with van der Waals surface area (Å²) in [6.07, 6.45) is 2.02. The second-order valence-corrected chi connectivity index (χ2v) is 10.1. The van der Waals surface area contributed by atoms with Crippen molar-refractivity contribution in [2.75, 3.05) is 19.0 Å². The molecule has 0 fully saturated rings. The van der Waals surface area contributed by atoms with Gasteiger partial charge in [0, 0.05) is 4.90 Å². The monoisotopic (exact) mass is 487 g/mol. The molecule has 1 unspecified atom stereocenters. The molecule has 0 spiro atoms. The van der Waals surface area contributed by atoms with Crippen LogP contribution in [0.5, 0.6) is 0 Å². The number of unbranched alkanes of at least 4 members (excludes halogenated alkanes) is 5. The summed E-state index contributed by atoms with van der Waals surface area (Å²) in [4.78, 5) is 17.7. The summed E-state index contributed by atoms with van der Waals surface area (Å²) >= 11 is 1.19. The molecule has 0 saturated carbocycles. The van der Waals surface area contributed by atoms with Gasteiger partial charge in [-0.1, -0.05) is 45.1 Å². The molecule has 11 heteroatoms. The number of thioether (sulfide) groups is 1. The molecule has 6 nitrogen and oxygen atoms in total. The predicted octanol–water partition coefficient (Wildman–Crippen LogP) is 4.89. The van der Waals surface area contributed by atoms with E-state index in [-0.39, 0.29) is 17.7 Å². The number of aliphatic hydroxyl groups excluding tert-OH is 1. The van der Waals surface area contributed by atoms with Crippen molar-refractivity contribution >= 4 is 19.6 Å². The molecule has 1 aromatic rings. The Kier molecular flexibility index (Phi) is 12.1. The van der Waals surface area contributed by atoms with Crippen LogP contribution in [0.3, 0.4) is 0 Å². The highest BCUT2D eigenvalue weighted by molar-refractivity contribution is 7.99. The molecule has 0 heterocycles. The second-order valence-electron chi connectivity index (χ2n) is 7.73. The maximum Gasteiger partial charge on any atom is 0.469 e. The third-order valence-corrected chi connectivity index (χ3v) is 6.48. The third-order valence-electron chi connectivity index (χ3n) is 4.85. The van der Waals surface area contributed by atoms with E-state index in [1.807, 2.05) is 0 Å². The summed E-state index contributed by atoms with van der Waals surface area (Å²) in [5.74, 6) is 0.616. The van der Waals surface area contributed by atoms with Crippen LogP contribution >= 0.6 is 19.6 Å². The van der Waals surface area contributed by atoms with Gasteiger partial charge < -0.3 is 20.6 Å². The highest BCUT2D eigenvalue weighted by Crippen LogP contribution is 2.39. The molecule has 0 aliphatic carbocycles. The van der Waals surface area contributed by atoms with Crippen LogP contribution in [0, 0.1) is 0 Å². The van der Waals surface area contributed by atoms with Gasteiger partial charge in [-0.3, -0.25) is 4.52 Å². The van der Waals surface area contributed by atoms with Gasteiger partial charge in [0.2, 0.25) is 0 Å². The van der Waals surface area contributed by atoms with E-state index in [1.165, 1.54) is 24.2 Å². The van der Waals surface area contributed by atoms with Crippen LogP contribution in [0.25, 0.3) is 0 Å². The van der Waals surface area contributed by atoms with Crippen molar-refractivity contribution in [3.05, 3.63) is 29.3 Å². The van der Waals surface area contributed by atoms with E-state index in [0.717, 1.165) is 38.2 Å². The number of phosphoric acid groups is 1. The van der Waals surface area contributed by atoms with Crippen LogP contribution in [0.15, 0.2) is 23.1 Å². The van der Waals surface area contributed by atoms with Gasteiger partial charge in [-0.25, -0.2) is 4.57 Å². The molecule has 5 N–H and O–H groups in total. The van der Waals surface area contributed by atoms with Gasteiger partial charge >= 0.3 is 14.0 Å². The van der Waals surface area contributed by atoms with Gasteiger partial charge in [0.15, 0.2) is 0 Å². The molecule has 0 saturated heterocycles. The van der Waals surface area contributed by atoms with Gasteiger partial charge in [0.25, 0.3) is 0 Å². The maximum atomic E-state index is 13.6. The first-order valence-electron chi connectivity index (χ1n) is 10.3. The Morgan fingerprint density at radius 2 is 1.77 bits per heavy atom.